The largest absolute Gasteiger partial charge is 0.484 e. The van der Waals surface area contributed by atoms with E-state index in [4.69, 9.17) is 16.3 Å². The first kappa shape index (κ1) is 14.2. The molecule has 1 atom stereocenters. The van der Waals surface area contributed by atoms with Crippen LogP contribution in [0.2, 0.25) is 5.02 Å². The number of likely N-dealkylation sites (tertiary alicyclic amines) is 1. The Morgan fingerprint density at radius 3 is 2.74 bits per heavy atom. The number of halogens is 1. The Morgan fingerprint density at radius 1 is 1.42 bits per heavy atom. The van der Waals surface area contributed by atoms with Gasteiger partial charge in [-0.1, -0.05) is 25.4 Å². The number of carbonyl (C=O) groups excluding carboxylic acids is 1. The van der Waals surface area contributed by atoms with Crippen molar-refractivity contribution in [2.45, 2.75) is 32.7 Å². The van der Waals surface area contributed by atoms with Gasteiger partial charge in [0.2, 0.25) is 0 Å². The zero-order valence-electron chi connectivity index (χ0n) is 11.4. The van der Waals surface area contributed by atoms with Crippen LogP contribution in [0.4, 0.5) is 0 Å². The van der Waals surface area contributed by atoms with Gasteiger partial charge in [0.1, 0.15) is 5.75 Å². The summed E-state index contributed by atoms with van der Waals surface area (Å²) in [6.07, 6.45) is 2.19. The highest BCUT2D eigenvalue weighted by Crippen LogP contribution is 2.24. The summed E-state index contributed by atoms with van der Waals surface area (Å²) in [6.45, 7) is 5.28. The summed E-state index contributed by atoms with van der Waals surface area (Å²) in [5.74, 6) is 1.26. The van der Waals surface area contributed by atoms with Gasteiger partial charge in [0, 0.05) is 17.6 Å². The smallest absolute Gasteiger partial charge is 0.260 e. The number of amides is 1. The molecule has 0 aromatic heterocycles. The lowest BCUT2D eigenvalue weighted by Crippen LogP contribution is -2.41. The minimum Gasteiger partial charge on any atom is -0.484 e. The molecular weight excluding hydrogens is 262 g/mol. The average molecular weight is 282 g/mol. The Morgan fingerprint density at radius 2 is 2.11 bits per heavy atom. The second kappa shape index (κ2) is 6.29. The summed E-state index contributed by atoms with van der Waals surface area (Å²) in [4.78, 5) is 14.1. The minimum atomic E-state index is 0.0751. The Hall–Kier alpha value is -1.22. The Bertz CT molecular complexity index is 430. The average Bonchev–Trinajstić information content (AvgIpc) is 2.87. The van der Waals surface area contributed by atoms with Crippen molar-refractivity contribution in [1.82, 2.24) is 4.90 Å². The van der Waals surface area contributed by atoms with Crippen molar-refractivity contribution in [2.24, 2.45) is 5.92 Å². The number of ether oxygens (including phenoxy) is 1. The Kier molecular flexibility index (Phi) is 4.70. The van der Waals surface area contributed by atoms with Gasteiger partial charge in [0.25, 0.3) is 5.91 Å². The highest BCUT2D eigenvalue weighted by molar-refractivity contribution is 6.30. The zero-order chi connectivity index (χ0) is 13.8. The first-order chi connectivity index (χ1) is 9.08. The summed E-state index contributed by atoms with van der Waals surface area (Å²) in [5.41, 5.74) is 0. The molecular formula is C15H20ClNO2. The number of nitrogens with zero attached hydrogens (tertiary/aromatic N) is 1. The third-order valence-corrected chi connectivity index (χ3v) is 3.82. The summed E-state index contributed by atoms with van der Waals surface area (Å²) in [7, 11) is 0. The van der Waals surface area contributed by atoms with Crippen molar-refractivity contribution in [3.8, 4) is 5.75 Å². The molecule has 1 aliphatic rings. The predicted molar refractivity (Wildman–Crippen MR) is 76.5 cm³/mol. The van der Waals surface area contributed by atoms with Gasteiger partial charge < -0.3 is 9.64 Å². The molecule has 0 radical (unpaired) electrons. The fourth-order valence-corrected chi connectivity index (χ4v) is 2.68. The summed E-state index contributed by atoms with van der Waals surface area (Å²) in [6, 6.07) is 7.43. The number of carbonyl (C=O) groups is 1. The molecule has 1 saturated heterocycles. The molecule has 3 nitrogen and oxygen atoms in total. The first-order valence-electron chi connectivity index (χ1n) is 6.76. The van der Waals surface area contributed by atoms with Crippen molar-refractivity contribution in [3.63, 3.8) is 0 Å². The number of hydrogen-bond donors (Lipinski definition) is 0. The van der Waals surface area contributed by atoms with E-state index in [0.717, 1.165) is 19.4 Å². The first-order valence-corrected chi connectivity index (χ1v) is 7.13. The van der Waals surface area contributed by atoms with Crippen LogP contribution in [0.15, 0.2) is 24.3 Å². The fraction of sp³-hybridized carbons (Fsp3) is 0.533. The van der Waals surface area contributed by atoms with Crippen LogP contribution in [-0.2, 0) is 4.79 Å². The maximum atomic E-state index is 12.2. The van der Waals surface area contributed by atoms with Crippen LogP contribution < -0.4 is 4.74 Å². The zero-order valence-corrected chi connectivity index (χ0v) is 12.2. The van der Waals surface area contributed by atoms with Gasteiger partial charge in [-0.15, -0.1) is 0 Å². The summed E-state index contributed by atoms with van der Waals surface area (Å²) >= 11 is 5.80. The van der Waals surface area contributed by atoms with Gasteiger partial charge in [-0.3, -0.25) is 4.79 Å². The van der Waals surface area contributed by atoms with Crippen molar-refractivity contribution >= 4 is 17.5 Å². The number of rotatable bonds is 4. The van der Waals surface area contributed by atoms with E-state index in [0.29, 0.717) is 22.7 Å². The van der Waals surface area contributed by atoms with E-state index in [1.54, 1.807) is 24.3 Å². The lowest BCUT2D eigenvalue weighted by atomic mass is 10.0. The van der Waals surface area contributed by atoms with Gasteiger partial charge in [0.05, 0.1) is 0 Å². The number of benzene rings is 1. The molecule has 0 bridgehead atoms. The van der Waals surface area contributed by atoms with Gasteiger partial charge in [-0.05, 0) is 43.0 Å². The molecule has 0 saturated carbocycles. The molecule has 19 heavy (non-hydrogen) atoms. The molecule has 0 N–H and O–H groups in total. The second-order valence-corrected chi connectivity index (χ2v) is 5.72. The van der Waals surface area contributed by atoms with E-state index in [-0.39, 0.29) is 12.5 Å². The van der Waals surface area contributed by atoms with E-state index in [9.17, 15) is 4.79 Å². The number of hydrogen-bond acceptors (Lipinski definition) is 2. The molecule has 1 aliphatic heterocycles. The highest BCUT2D eigenvalue weighted by Gasteiger charge is 2.30. The van der Waals surface area contributed by atoms with E-state index < -0.39 is 0 Å². The molecule has 1 aromatic carbocycles. The normalized spacial score (nSPS) is 18.9. The van der Waals surface area contributed by atoms with E-state index in [1.165, 1.54) is 0 Å². The van der Waals surface area contributed by atoms with E-state index in [2.05, 4.69) is 13.8 Å². The van der Waals surface area contributed by atoms with Crippen LogP contribution in [0.3, 0.4) is 0 Å². The third-order valence-electron chi connectivity index (χ3n) is 3.57. The third kappa shape index (κ3) is 3.63. The van der Waals surface area contributed by atoms with Crippen molar-refractivity contribution < 1.29 is 9.53 Å². The SMILES string of the molecule is CC(C)C1CCCN1C(=O)COc1ccc(Cl)cc1. The van der Waals surface area contributed by atoms with Crippen LogP contribution in [0.5, 0.6) is 5.75 Å². The highest BCUT2D eigenvalue weighted by atomic mass is 35.5. The van der Waals surface area contributed by atoms with Gasteiger partial charge in [-0.2, -0.15) is 0 Å². The Labute approximate surface area is 119 Å². The van der Waals surface area contributed by atoms with Gasteiger partial charge in [-0.25, -0.2) is 0 Å². The van der Waals surface area contributed by atoms with E-state index in [1.807, 2.05) is 4.90 Å². The molecule has 4 heteroatoms. The second-order valence-electron chi connectivity index (χ2n) is 5.28. The van der Waals surface area contributed by atoms with Gasteiger partial charge >= 0.3 is 0 Å². The molecule has 2 rings (SSSR count). The predicted octanol–water partition coefficient (Wildman–Crippen LogP) is 3.37. The van der Waals surface area contributed by atoms with Crippen LogP contribution in [0, 0.1) is 5.92 Å². The van der Waals surface area contributed by atoms with Crippen LogP contribution in [0.1, 0.15) is 26.7 Å². The minimum absolute atomic E-state index is 0.0751. The van der Waals surface area contributed by atoms with Crippen LogP contribution >= 0.6 is 11.6 Å². The van der Waals surface area contributed by atoms with Crippen LogP contribution in [-0.4, -0.2) is 30.0 Å². The molecule has 1 fully saturated rings. The molecule has 1 heterocycles. The Balaban J connectivity index is 1.89. The van der Waals surface area contributed by atoms with Crippen LogP contribution in [0.25, 0.3) is 0 Å². The summed E-state index contributed by atoms with van der Waals surface area (Å²) < 4.78 is 5.51. The lowest BCUT2D eigenvalue weighted by molar-refractivity contribution is -0.134. The monoisotopic (exact) mass is 281 g/mol. The standard InChI is InChI=1S/C15H20ClNO2/c1-11(2)14-4-3-9-17(14)15(18)10-19-13-7-5-12(16)6-8-13/h5-8,11,14H,3-4,9-10H2,1-2H3. The molecule has 104 valence electrons. The molecule has 1 unspecified atom stereocenters. The summed E-state index contributed by atoms with van der Waals surface area (Å²) in [5, 5.41) is 0.665. The van der Waals surface area contributed by atoms with Gasteiger partial charge in [0.15, 0.2) is 6.61 Å². The lowest BCUT2D eigenvalue weighted by Gasteiger charge is -2.27. The van der Waals surface area contributed by atoms with Crippen molar-refractivity contribution in [1.29, 1.82) is 0 Å². The topological polar surface area (TPSA) is 29.5 Å². The molecule has 0 spiro atoms. The van der Waals surface area contributed by atoms with E-state index >= 15 is 0 Å². The quantitative estimate of drug-likeness (QED) is 0.847. The molecule has 1 aromatic rings. The maximum Gasteiger partial charge on any atom is 0.260 e. The van der Waals surface area contributed by atoms with Crippen molar-refractivity contribution in [3.05, 3.63) is 29.3 Å². The fourth-order valence-electron chi connectivity index (χ4n) is 2.55. The maximum absolute atomic E-state index is 12.2. The van der Waals surface area contributed by atoms with Crippen molar-refractivity contribution in [2.75, 3.05) is 13.2 Å². The molecule has 1 amide bonds. The molecule has 0 aliphatic carbocycles.